The Labute approximate surface area is 202 Å². The van der Waals surface area contributed by atoms with Crippen molar-refractivity contribution in [1.82, 2.24) is 9.88 Å². The number of rotatable bonds is 6. The number of anilines is 1. The first-order chi connectivity index (χ1) is 15.9. The Hall–Kier alpha value is -2.72. The van der Waals surface area contributed by atoms with Crippen molar-refractivity contribution >= 4 is 23.0 Å². The maximum atomic E-state index is 13.7. The number of amides is 1. The number of pyridine rings is 1. The minimum atomic E-state index is -2.68. The van der Waals surface area contributed by atoms with Crippen LogP contribution in [0.25, 0.3) is 0 Å². The summed E-state index contributed by atoms with van der Waals surface area (Å²) in [7, 11) is 0. The Morgan fingerprint density at radius 3 is 2.26 bits per heavy atom. The summed E-state index contributed by atoms with van der Waals surface area (Å²) in [6.45, 7) is 9.65. The fraction of sp³-hybridized carbons (Fsp3) is 0.500. The van der Waals surface area contributed by atoms with E-state index in [0.717, 1.165) is 0 Å². The molecule has 1 amide bonds. The van der Waals surface area contributed by atoms with Gasteiger partial charge in [0.2, 0.25) is 5.88 Å². The lowest BCUT2D eigenvalue weighted by atomic mass is 9.80. The molecule has 0 aliphatic carbocycles. The molecule has 1 aromatic heterocycles. The number of ether oxygens (including phenoxy) is 2. The lowest BCUT2D eigenvalue weighted by Gasteiger charge is -2.50. The van der Waals surface area contributed by atoms with Crippen molar-refractivity contribution in [3.8, 4) is 5.88 Å². The van der Waals surface area contributed by atoms with Gasteiger partial charge in [0, 0.05) is 30.4 Å². The summed E-state index contributed by atoms with van der Waals surface area (Å²) < 4.78 is 51.2. The summed E-state index contributed by atoms with van der Waals surface area (Å²) in [4.78, 5) is 18.4. The maximum Gasteiger partial charge on any atom is 0.410 e. The average Bonchev–Trinajstić information content (AvgIpc) is 2.74. The van der Waals surface area contributed by atoms with Gasteiger partial charge >= 0.3 is 6.09 Å². The molecular weight excluding hydrogens is 461 g/mol. The predicted molar refractivity (Wildman–Crippen MR) is 127 cm³/mol. The van der Waals surface area contributed by atoms with Gasteiger partial charge in [-0.1, -0.05) is 12.1 Å². The van der Waals surface area contributed by atoms with Crippen molar-refractivity contribution in [3.05, 3.63) is 54.0 Å². The van der Waals surface area contributed by atoms with Crippen LogP contribution in [0.5, 0.6) is 5.88 Å². The van der Waals surface area contributed by atoms with Crippen LogP contribution in [0.2, 0.25) is 0 Å². The van der Waals surface area contributed by atoms with E-state index in [0.29, 0.717) is 17.1 Å². The number of halogens is 1. The van der Waals surface area contributed by atoms with E-state index in [1.807, 2.05) is 13.8 Å². The first kappa shape index (κ1) is 25.9. The third-order valence-corrected chi connectivity index (χ3v) is 6.33. The summed E-state index contributed by atoms with van der Waals surface area (Å²) in [6, 6.07) is 9.03. The van der Waals surface area contributed by atoms with Gasteiger partial charge < -0.3 is 18.9 Å². The van der Waals surface area contributed by atoms with E-state index in [1.165, 1.54) is 22.6 Å². The van der Waals surface area contributed by atoms with Crippen molar-refractivity contribution in [2.45, 2.75) is 64.7 Å². The molecule has 186 valence electrons. The van der Waals surface area contributed by atoms with Crippen molar-refractivity contribution in [2.75, 3.05) is 17.4 Å². The zero-order chi connectivity index (χ0) is 25.1. The predicted octanol–water partition coefficient (Wildman–Crippen LogP) is 4.53. The van der Waals surface area contributed by atoms with E-state index in [1.54, 1.807) is 49.9 Å². The molecule has 8 nitrogen and oxygen atoms in total. The third kappa shape index (κ3) is 6.04. The number of carbonyl (C=O) groups excluding carboxylic acids is 1. The van der Waals surface area contributed by atoms with Gasteiger partial charge in [-0.05, 0) is 71.2 Å². The van der Waals surface area contributed by atoms with E-state index in [-0.39, 0.29) is 32.0 Å². The van der Waals surface area contributed by atoms with E-state index in [4.69, 9.17) is 9.47 Å². The summed E-state index contributed by atoms with van der Waals surface area (Å²) in [5.74, 6) is -0.0392. The second-order valence-electron chi connectivity index (χ2n) is 9.54. The second kappa shape index (κ2) is 10.3. The highest BCUT2D eigenvalue weighted by molar-refractivity contribution is 7.80. The molecule has 10 heteroatoms. The van der Waals surface area contributed by atoms with Crippen LogP contribution in [0.4, 0.5) is 14.9 Å². The molecule has 3 rings (SSSR count). The van der Waals surface area contributed by atoms with E-state index in [2.05, 4.69) is 4.98 Å². The minimum absolute atomic E-state index is 0.0779. The van der Waals surface area contributed by atoms with Gasteiger partial charge in [-0.25, -0.2) is 14.2 Å². The standard InChI is InChI=1S/C24H32FN3O5S/c1-17(2)32-21-11-10-20(16-26-21)28(34(30)31)24(18-6-8-19(25)9-7-18)12-14-27(15-13-24)22(29)33-23(3,4)5/h6-11,16-17H,12-15H2,1-5H3,(H,30,31)/p-1. The number of carbonyl (C=O) groups is 1. The van der Waals surface area contributed by atoms with Crippen LogP contribution < -0.4 is 9.04 Å². The molecule has 1 unspecified atom stereocenters. The van der Waals surface area contributed by atoms with Crippen LogP contribution in [0.15, 0.2) is 42.6 Å². The topological polar surface area (TPSA) is 95.0 Å². The molecule has 1 aliphatic rings. The second-order valence-corrected chi connectivity index (χ2v) is 10.3. The van der Waals surface area contributed by atoms with E-state index >= 15 is 0 Å². The van der Waals surface area contributed by atoms with Gasteiger partial charge in [0.1, 0.15) is 11.4 Å². The molecule has 34 heavy (non-hydrogen) atoms. The fourth-order valence-corrected chi connectivity index (χ4v) is 4.89. The normalized spacial score (nSPS) is 16.8. The fourth-order valence-electron chi connectivity index (χ4n) is 4.03. The van der Waals surface area contributed by atoms with E-state index in [9.17, 15) is 17.9 Å². The SMILES string of the molecule is CC(C)Oc1ccc(N(S(=O)[O-])C2(c3ccc(F)cc3)CCN(C(=O)OC(C)(C)C)CC2)cn1. The summed E-state index contributed by atoms with van der Waals surface area (Å²) in [6.07, 6.45) is 1.49. The van der Waals surface area contributed by atoms with Crippen molar-refractivity contribution in [3.63, 3.8) is 0 Å². The van der Waals surface area contributed by atoms with Gasteiger partial charge in [-0.3, -0.25) is 8.51 Å². The molecule has 1 aromatic carbocycles. The largest absolute Gasteiger partial charge is 0.755 e. The Kier molecular flexibility index (Phi) is 7.82. The lowest BCUT2D eigenvalue weighted by Crippen LogP contribution is -2.55. The zero-order valence-corrected chi connectivity index (χ0v) is 20.9. The Bertz CT molecular complexity index is 1000. The maximum absolute atomic E-state index is 13.7. The van der Waals surface area contributed by atoms with Crippen molar-refractivity contribution < 1.29 is 27.4 Å². The Balaban J connectivity index is 1.97. The summed E-state index contributed by atoms with van der Waals surface area (Å²) >= 11 is -2.68. The Morgan fingerprint density at radius 2 is 1.79 bits per heavy atom. The van der Waals surface area contributed by atoms with Crippen LogP contribution in [0.1, 0.15) is 53.0 Å². The quantitative estimate of drug-likeness (QED) is 0.550. The van der Waals surface area contributed by atoms with Crippen molar-refractivity contribution in [1.29, 1.82) is 0 Å². The van der Waals surface area contributed by atoms with E-state index < -0.39 is 34.3 Å². The smallest absolute Gasteiger partial charge is 0.410 e. The third-order valence-electron chi connectivity index (χ3n) is 5.47. The average molecular weight is 493 g/mol. The first-order valence-electron chi connectivity index (χ1n) is 11.2. The number of nitrogens with zero attached hydrogens (tertiary/aromatic N) is 3. The highest BCUT2D eigenvalue weighted by atomic mass is 32.2. The summed E-state index contributed by atoms with van der Waals surface area (Å²) in [5.41, 5.74) is -0.707. The number of benzene rings is 1. The molecule has 2 heterocycles. The minimum Gasteiger partial charge on any atom is -0.755 e. The monoisotopic (exact) mass is 492 g/mol. The molecule has 0 N–H and O–H groups in total. The van der Waals surface area contributed by atoms with Gasteiger partial charge in [-0.15, -0.1) is 0 Å². The van der Waals surface area contributed by atoms with Crippen molar-refractivity contribution in [2.24, 2.45) is 0 Å². The van der Waals surface area contributed by atoms with Crippen LogP contribution in [-0.4, -0.2) is 49.5 Å². The summed E-state index contributed by atoms with van der Waals surface area (Å²) in [5, 5.41) is 0. The number of aromatic nitrogens is 1. The molecule has 0 radical (unpaired) electrons. The molecule has 1 fully saturated rings. The molecule has 0 bridgehead atoms. The van der Waals surface area contributed by atoms with Crippen LogP contribution in [0, 0.1) is 5.82 Å². The van der Waals surface area contributed by atoms with Crippen LogP contribution in [0.3, 0.4) is 0 Å². The Morgan fingerprint density at radius 1 is 1.18 bits per heavy atom. The van der Waals surface area contributed by atoms with Gasteiger partial charge in [0.25, 0.3) is 0 Å². The highest BCUT2D eigenvalue weighted by Crippen LogP contribution is 2.43. The molecule has 1 saturated heterocycles. The van der Waals surface area contributed by atoms with Crippen LogP contribution in [-0.2, 0) is 21.5 Å². The van der Waals surface area contributed by atoms with Gasteiger partial charge in [0.15, 0.2) is 0 Å². The molecule has 1 atom stereocenters. The number of piperidine rings is 1. The molecule has 0 spiro atoms. The molecular formula is C24H31FN3O5S-. The molecule has 2 aromatic rings. The molecule has 1 aliphatic heterocycles. The van der Waals surface area contributed by atoms with Gasteiger partial charge in [0.05, 0.1) is 23.5 Å². The number of likely N-dealkylation sites (tertiary alicyclic amines) is 1. The van der Waals surface area contributed by atoms with Gasteiger partial charge in [-0.2, -0.15) is 0 Å². The highest BCUT2D eigenvalue weighted by Gasteiger charge is 2.44. The molecule has 0 saturated carbocycles. The first-order valence-corrected chi connectivity index (χ1v) is 12.2. The van der Waals surface area contributed by atoms with Crippen LogP contribution >= 0.6 is 0 Å². The zero-order valence-electron chi connectivity index (χ0n) is 20.1. The lowest BCUT2D eigenvalue weighted by molar-refractivity contribution is 0.0168. The number of hydrogen-bond donors (Lipinski definition) is 0. The number of hydrogen-bond acceptors (Lipinski definition) is 6.